The number of amides is 1. The Morgan fingerprint density at radius 2 is 1.67 bits per heavy atom. The van der Waals surface area contributed by atoms with Crippen LogP contribution < -0.4 is 0 Å². The molecule has 0 radical (unpaired) electrons. The van der Waals surface area contributed by atoms with Gasteiger partial charge in [0.2, 0.25) is 5.72 Å². The molecule has 1 aromatic carbocycles. The van der Waals surface area contributed by atoms with Crippen LogP contribution in [-0.4, -0.2) is 50.6 Å². The van der Waals surface area contributed by atoms with E-state index in [1.807, 2.05) is 0 Å². The number of carbonyl (C=O) groups excluding carboxylic acids is 2. The van der Waals surface area contributed by atoms with E-state index in [9.17, 15) is 22.8 Å². The number of benzene rings is 1. The summed E-state index contributed by atoms with van der Waals surface area (Å²) in [6.45, 7) is 0.996. The Morgan fingerprint density at radius 1 is 1.12 bits per heavy atom. The highest BCUT2D eigenvalue weighted by atomic mass is 19.4. The summed E-state index contributed by atoms with van der Waals surface area (Å²) in [5, 5.41) is 0. The molecule has 0 bridgehead atoms. The van der Waals surface area contributed by atoms with Crippen LogP contribution in [0.25, 0.3) is 0 Å². The van der Waals surface area contributed by atoms with Gasteiger partial charge < -0.3 is 19.1 Å². The zero-order valence-electron chi connectivity index (χ0n) is 13.6. The molecular formula is C15H18F3NO5. The maximum Gasteiger partial charge on any atom is 0.416 e. The molecule has 1 rings (SSSR count). The van der Waals surface area contributed by atoms with Crippen LogP contribution in [0.1, 0.15) is 22.8 Å². The maximum absolute atomic E-state index is 12.6. The average molecular weight is 349 g/mol. The lowest BCUT2D eigenvalue weighted by Crippen LogP contribution is -2.55. The average Bonchev–Trinajstić information content (AvgIpc) is 2.56. The number of hydrogen-bond acceptors (Lipinski definition) is 5. The normalized spacial score (nSPS) is 14.0. The number of esters is 1. The molecular weight excluding hydrogens is 331 g/mol. The van der Waals surface area contributed by atoms with Gasteiger partial charge in [-0.05, 0) is 31.2 Å². The van der Waals surface area contributed by atoms with Crippen molar-refractivity contribution in [3.8, 4) is 0 Å². The molecule has 9 heteroatoms. The minimum Gasteiger partial charge on any atom is -0.465 e. The number of nitrogens with zero attached hydrogens (tertiary/aromatic N) is 1. The van der Waals surface area contributed by atoms with Crippen LogP contribution in [0.15, 0.2) is 24.3 Å². The van der Waals surface area contributed by atoms with Crippen molar-refractivity contribution in [3.05, 3.63) is 35.4 Å². The minimum atomic E-state index is -4.50. The lowest BCUT2D eigenvalue weighted by molar-refractivity contribution is -0.206. The summed E-state index contributed by atoms with van der Waals surface area (Å²) in [7, 11) is 3.72. The lowest BCUT2D eigenvalue weighted by atomic mass is 10.1. The number of halogens is 3. The molecule has 0 aliphatic rings. The van der Waals surface area contributed by atoms with Crippen LogP contribution in [0.2, 0.25) is 0 Å². The quantitative estimate of drug-likeness (QED) is 0.582. The van der Waals surface area contributed by atoms with Gasteiger partial charge in [-0.2, -0.15) is 13.2 Å². The summed E-state index contributed by atoms with van der Waals surface area (Å²) in [4.78, 5) is 25.3. The molecule has 0 aromatic heterocycles. The third-order valence-corrected chi connectivity index (χ3v) is 3.43. The number of methoxy groups -OCH3 is 2. The first-order valence-electron chi connectivity index (χ1n) is 6.74. The Morgan fingerprint density at radius 3 is 2.08 bits per heavy atom. The van der Waals surface area contributed by atoms with Gasteiger partial charge >= 0.3 is 12.1 Å². The van der Waals surface area contributed by atoms with Gasteiger partial charge in [0.25, 0.3) is 5.91 Å². The van der Waals surface area contributed by atoms with Gasteiger partial charge in [0.05, 0.1) is 12.7 Å². The summed E-state index contributed by atoms with van der Waals surface area (Å²) in [6.07, 6.45) is -4.50. The van der Waals surface area contributed by atoms with Gasteiger partial charge in [0.1, 0.15) is 6.79 Å². The highest BCUT2D eigenvalue weighted by molar-refractivity contribution is 5.97. The molecule has 0 saturated carbocycles. The molecule has 1 amide bonds. The molecule has 0 aliphatic heterocycles. The van der Waals surface area contributed by atoms with E-state index in [2.05, 4.69) is 4.74 Å². The summed E-state index contributed by atoms with van der Waals surface area (Å²) in [5.41, 5.74) is -2.72. The molecule has 134 valence electrons. The fourth-order valence-electron chi connectivity index (χ4n) is 1.84. The number of ether oxygens (including phenoxy) is 3. The monoisotopic (exact) mass is 349 g/mol. The predicted octanol–water partition coefficient (Wildman–Crippen LogP) is 2.29. The van der Waals surface area contributed by atoms with E-state index in [1.54, 1.807) is 0 Å². The van der Waals surface area contributed by atoms with Crippen LogP contribution >= 0.6 is 0 Å². The molecule has 0 fully saturated rings. The molecule has 0 saturated heterocycles. The number of hydrogen-bond donors (Lipinski definition) is 0. The SMILES string of the molecule is COCOC(C)(C(=O)OC)N(C)C(=O)c1ccc(C(F)(F)F)cc1. The van der Waals surface area contributed by atoms with E-state index in [0.29, 0.717) is 0 Å². The molecule has 24 heavy (non-hydrogen) atoms. The first kappa shape index (κ1) is 19.9. The van der Waals surface area contributed by atoms with Crippen LogP contribution in [-0.2, 0) is 25.2 Å². The summed E-state index contributed by atoms with van der Waals surface area (Å²) >= 11 is 0. The van der Waals surface area contributed by atoms with Crippen molar-refractivity contribution in [2.75, 3.05) is 28.1 Å². The fourth-order valence-corrected chi connectivity index (χ4v) is 1.84. The molecule has 0 N–H and O–H groups in total. The van der Waals surface area contributed by atoms with Crippen LogP contribution in [0.5, 0.6) is 0 Å². The second-order valence-corrected chi connectivity index (χ2v) is 4.96. The van der Waals surface area contributed by atoms with Gasteiger partial charge in [-0.1, -0.05) is 0 Å². The maximum atomic E-state index is 12.6. The van der Waals surface area contributed by atoms with E-state index in [4.69, 9.17) is 9.47 Å². The third-order valence-electron chi connectivity index (χ3n) is 3.43. The molecule has 1 aromatic rings. The Labute approximate surface area is 137 Å². The van der Waals surface area contributed by atoms with Gasteiger partial charge in [-0.3, -0.25) is 4.79 Å². The molecule has 1 unspecified atom stereocenters. The van der Waals surface area contributed by atoms with Crippen LogP contribution in [0.4, 0.5) is 13.2 Å². The first-order chi connectivity index (χ1) is 11.1. The molecule has 0 aliphatic carbocycles. The van der Waals surface area contributed by atoms with Crippen molar-refractivity contribution >= 4 is 11.9 Å². The van der Waals surface area contributed by atoms with Gasteiger partial charge in [-0.15, -0.1) is 0 Å². The minimum absolute atomic E-state index is 0.0401. The van der Waals surface area contributed by atoms with Crippen molar-refractivity contribution in [1.82, 2.24) is 4.90 Å². The number of rotatable bonds is 6. The van der Waals surface area contributed by atoms with E-state index < -0.39 is 29.3 Å². The Bertz CT molecular complexity index is 588. The van der Waals surface area contributed by atoms with Crippen molar-refractivity contribution < 1.29 is 37.0 Å². The molecule has 6 nitrogen and oxygen atoms in total. The molecule has 0 heterocycles. The van der Waals surface area contributed by atoms with Gasteiger partial charge in [-0.25, -0.2) is 4.79 Å². The molecule has 0 spiro atoms. The summed E-state index contributed by atoms with van der Waals surface area (Å²) < 4.78 is 52.3. The largest absolute Gasteiger partial charge is 0.465 e. The Kier molecular flexibility index (Phi) is 6.33. The zero-order chi connectivity index (χ0) is 18.5. The highest BCUT2D eigenvalue weighted by Gasteiger charge is 2.43. The van der Waals surface area contributed by atoms with Crippen molar-refractivity contribution in [1.29, 1.82) is 0 Å². The third kappa shape index (κ3) is 4.24. The van der Waals surface area contributed by atoms with Crippen molar-refractivity contribution in [2.24, 2.45) is 0 Å². The highest BCUT2D eigenvalue weighted by Crippen LogP contribution is 2.29. The van der Waals surface area contributed by atoms with E-state index in [1.165, 1.54) is 21.1 Å². The fraction of sp³-hybridized carbons (Fsp3) is 0.467. The van der Waals surface area contributed by atoms with Gasteiger partial charge in [0.15, 0.2) is 0 Å². The predicted molar refractivity (Wildman–Crippen MR) is 76.9 cm³/mol. The lowest BCUT2D eigenvalue weighted by Gasteiger charge is -2.35. The van der Waals surface area contributed by atoms with E-state index >= 15 is 0 Å². The summed E-state index contributed by atoms with van der Waals surface area (Å²) in [5.74, 6) is -1.57. The number of likely N-dealkylation sites (N-methyl/N-ethyl adjacent to an activating group) is 1. The summed E-state index contributed by atoms with van der Waals surface area (Å²) in [6, 6.07) is 3.62. The number of alkyl halides is 3. The number of carbonyl (C=O) groups is 2. The topological polar surface area (TPSA) is 65.1 Å². The van der Waals surface area contributed by atoms with Crippen molar-refractivity contribution in [2.45, 2.75) is 18.8 Å². The standard InChI is InChI=1S/C15H18F3NO5/c1-14(13(21)23-4,24-9-22-3)19(2)12(20)10-5-7-11(8-6-10)15(16,17)18/h5-8H,9H2,1-4H3. The van der Waals surface area contributed by atoms with Crippen molar-refractivity contribution in [3.63, 3.8) is 0 Å². The van der Waals surface area contributed by atoms with E-state index in [0.717, 1.165) is 36.3 Å². The molecule has 1 atom stereocenters. The van der Waals surface area contributed by atoms with Crippen LogP contribution in [0.3, 0.4) is 0 Å². The van der Waals surface area contributed by atoms with Crippen LogP contribution in [0, 0.1) is 0 Å². The Hall–Kier alpha value is -2.13. The second-order valence-electron chi connectivity index (χ2n) is 4.96. The van der Waals surface area contributed by atoms with Gasteiger partial charge in [0, 0.05) is 19.7 Å². The zero-order valence-corrected chi connectivity index (χ0v) is 13.6. The second kappa shape index (κ2) is 7.63. The first-order valence-corrected chi connectivity index (χ1v) is 6.74. The Balaban J connectivity index is 3.08. The smallest absolute Gasteiger partial charge is 0.416 e. The van der Waals surface area contributed by atoms with E-state index in [-0.39, 0.29) is 12.4 Å².